The van der Waals surface area contributed by atoms with Gasteiger partial charge in [0.1, 0.15) is 6.61 Å². The van der Waals surface area contributed by atoms with E-state index in [4.69, 9.17) is 0 Å². The van der Waals surface area contributed by atoms with Gasteiger partial charge in [-0.25, -0.2) is 0 Å². The van der Waals surface area contributed by atoms with Gasteiger partial charge in [-0.05, 0) is 5.56 Å². The Morgan fingerprint density at radius 2 is 2.08 bits per heavy atom. The summed E-state index contributed by atoms with van der Waals surface area (Å²) in [5.41, 5.74) is 1.17. The molecule has 0 amide bonds. The molecule has 0 saturated carbocycles. The van der Waals surface area contributed by atoms with Gasteiger partial charge in [0.15, 0.2) is 0 Å². The Morgan fingerprint density at radius 3 is 2.38 bits per heavy atom. The van der Waals surface area contributed by atoms with Crippen LogP contribution in [0.25, 0.3) is 6.08 Å². The Bertz CT molecular complexity index is 261. The number of hydrogen-bond donors (Lipinski definition) is 0. The number of benzene rings is 1. The molecule has 0 atom stereocenters. The molecule has 0 bridgehead atoms. The van der Waals surface area contributed by atoms with Crippen molar-refractivity contribution in [2.75, 3.05) is 6.61 Å². The van der Waals surface area contributed by atoms with Crippen molar-refractivity contribution in [2.24, 2.45) is 5.16 Å². The van der Waals surface area contributed by atoms with E-state index in [9.17, 15) is 0 Å². The van der Waals surface area contributed by atoms with Gasteiger partial charge in [-0.15, -0.1) is 0 Å². The first-order valence-electron chi connectivity index (χ1n) is 4.25. The Morgan fingerprint density at radius 1 is 1.31 bits per heavy atom. The summed E-state index contributed by atoms with van der Waals surface area (Å²) in [5, 5.41) is 3.46. The van der Waals surface area contributed by atoms with E-state index >= 15 is 0 Å². The lowest BCUT2D eigenvalue weighted by molar-refractivity contribution is 0.174. The van der Waals surface area contributed by atoms with Crippen LogP contribution in [0, 0.1) is 0 Å². The lowest BCUT2D eigenvalue weighted by Gasteiger charge is -1.85. The van der Waals surface area contributed by atoms with E-state index < -0.39 is 0 Å². The SMILES string of the molecule is C1=NOCC1.C=Cc1ccccc1. The van der Waals surface area contributed by atoms with Crippen LogP contribution in [0.15, 0.2) is 42.1 Å². The summed E-state index contributed by atoms with van der Waals surface area (Å²) in [5.74, 6) is 0. The van der Waals surface area contributed by atoms with Crippen LogP contribution in [0.1, 0.15) is 12.0 Å². The molecule has 1 aliphatic rings. The van der Waals surface area contributed by atoms with Crippen LogP contribution >= 0.6 is 0 Å². The molecular formula is C11H13NO. The van der Waals surface area contributed by atoms with Gasteiger partial charge in [-0.2, -0.15) is 0 Å². The largest absolute Gasteiger partial charge is 0.396 e. The van der Waals surface area contributed by atoms with Crippen molar-refractivity contribution < 1.29 is 4.84 Å². The Hall–Kier alpha value is -1.57. The monoisotopic (exact) mass is 175 g/mol. The minimum Gasteiger partial charge on any atom is -0.396 e. The van der Waals surface area contributed by atoms with Gasteiger partial charge < -0.3 is 4.84 Å². The van der Waals surface area contributed by atoms with E-state index in [1.165, 1.54) is 5.56 Å². The van der Waals surface area contributed by atoms with Gasteiger partial charge in [0.2, 0.25) is 0 Å². The summed E-state index contributed by atoms with van der Waals surface area (Å²) < 4.78 is 0. The summed E-state index contributed by atoms with van der Waals surface area (Å²) in [4.78, 5) is 4.51. The molecule has 1 aromatic carbocycles. The molecule has 13 heavy (non-hydrogen) atoms. The molecule has 0 N–H and O–H groups in total. The summed E-state index contributed by atoms with van der Waals surface area (Å²) in [6, 6.07) is 10.0. The van der Waals surface area contributed by atoms with Gasteiger partial charge in [0, 0.05) is 12.6 Å². The predicted octanol–water partition coefficient (Wildman–Crippen LogP) is 2.72. The van der Waals surface area contributed by atoms with Crippen molar-refractivity contribution in [1.82, 2.24) is 0 Å². The van der Waals surface area contributed by atoms with E-state index in [-0.39, 0.29) is 0 Å². The zero-order valence-electron chi connectivity index (χ0n) is 7.52. The number of oxime groups is 1. The first-order chi connectivity index (χ1) is 6.43. The van der Waals surface area contributed by atoms with Crippen molar-refractivity contribution in [3.63, 3.8) is 0 Å². The normalized spacial score (nSPS) is 12.6. The lowest BCUT2D eigenvalue weighted by Crippen LogP contribution is -1.72. The highest BCUT2D eigenvalue weighted by atomic mass is 16.6. The first-order valence-corrected chi connectivity index (χ1v) is 4.25. The molecule has 1 aliphatic heterocycles. The molecule has 0 aliphatic carbocycles. The maximum Gasteiger partial charge on any atom is 0.122 e. The van der Waals surface area contributed by atoms with Crippen LogP contribution < -0.4 is 0 Å². The third kappa shape index (κ3) is 4.11. The topological polar surface area (TPSA) is 21.6 Å². The van der Waals surface area contributed by atoms with Gasteiger partial charge in [-0.3, -0.25) is 0 Å². The standard InChI is InChI=1S/C8H8.C3H5NO/c1-2-8-6-4-3-5-7-8;1-2-4-5-3-1/h2-7H,1H2;2H,1,3H2. The summed E-state index contributed by atoms with van der Waals surface area (Å²) in [6.45, 7) is 4.41. The number of hydrogen-bond acceptors (Lipinski definition) is 2. The summed E-state index contributed by atoms with van der Waals surface area (Å²) >= 11 is 0. The van der Waals surface area contributed by atoms with Crippen molar-refractivity contribution in [1.29, 1.82) is 0 Å². The number of nitrogens with zero attached hydrogens (tertiary/aromatic N) is 1. The zero-order chi connectivity index (χ0) is 9.36. The Labute approximate surface area is 78.5 Å². The molecule has 2 heteroatoms. The molecule has 68 valence electrons. The second kappa shape index (κ2) is 6.00. The average molecular weight is 175 g/mol. The van der Waals surface area contributed by atoms with Crippen LogP contribution in [0.3, 0.4) is 0 Å². The van der Waals surface area contributed by atoms with Crippen LogP contribution in [0.4, 0.5) is 0 Å². The summed E-state index contributed by atoms with van der Waals surface area (Å²) in [7, 11) is 0. The fraction of sp³-hybridized carbons (Fsp3) is 0.182. The molecule has 0 spiro atoms. The molecule has 0 unspecified atom stereocenters. The van der Waals surface area contributed by atoms with Crippen molar-refractivity contribution >= 4 is 12.3 Å². The third-order valence-electron chi connectivity index (χ3n) is 1.52. The van der Waals surface area contributed by atoms with Crippen LogP contribution in [0.5, 0.6) is 0 Å². The van der Waals surface area contributed by atoms with Crippen LogP contribution in [-0.4, -0.2) is 12.8 Å². The summed E-state index contributed by atoms with van der Waals surface area (Å²) in [6.07, 6.45) is 4.58. The zero-order valence-corrected chi connectivity index (χ0v) is 7.52. The van der Waals surface area contributed by atoms with E-state index in [1.807, 2.05) is 36.4 Å². The highest BCUT2D eigenvalue weighted by Crippen LogP contribution is 1.97. The van der Waals surface area contributed by atoms with Crippen molar-refractivity contribution in [2.45, 2.75) is 6.42 Å². The van der Waals surface area contributed by atoms with Crippen molar-refractivity contribution in [3.8, 4) is 0 Å². The molecule has 0 fully saturated rings. The van der Waals surface area contributed by atoms with E-state index in [0.29, 0.717) is 0 Å². The second-order valence-corrected chi connectivity index (χ2v) is 2.52. The minimum atomic E-state index is 0.778. The fourth-order valence-corrected chi connectivity index (χ4v) is 0.853. The molecule has 1 aromatic rings. The quantitative estimate of drug-likeness (QED) is 0.643. The molecule has 0 saturated heterocycles. The van der Waals surface area contributed by atoms with Crippen LogP contribution in [0.2, 0.25) is 0 Å². The Kier molecular flexibility index (Phi) is 4.39. The minimum absolute atomic E-state index is 0.778. The lowest BCUT2D eigenvalue weighted by atomic mass is 10.2. The highest BCUT2D eigenvalue weighted by molar-refractivity contribution is 5.57. The molecule has 0 radical (unpaired) electrons. The van der Waals surface area contributed by atoms with Gasteiger partial charge in [-0.1, -0.05) is 48.1 Å². The van der Waals surface area contributed by atoms with Gasteiger partial charge in [0.05, 0.1) is 0 Å². The first kappa shape index (κ1) is 9.52. The molecule has 0 aromatic heterocycles. The van der Waals surface area contributed by atoms with E-state index in [1.54, 1.807) is 6.21 Å². The van der Waals surface area contributed by atoms with Gasteiger partial charge >= 0.3 is 0 Å². The smallest absolute Gasteiger partial charge is 0.122 e. The number of rotatable bonds is 1. The third-order valence-corrected chi connectivity index (χ3v) is 1.52. The fourth-order valence-electron chi connectivity index (χ4n) is 0.853. The molecule has 1 heterocycles. The van der Waals surface area contributed by atoms with Gasteiger partial charge in [0.25, 0.3) is 0 Å². The maximum atomic E-state index is 4.51. The van der Waals surface area contributed by atoms with Crippen LogP contribution in [-0.2, 0) is 4.84 Å². The predicted molar refractivity (Wildman–Crippen MR) is 55.6 cm³/mol. The van der Waals surface area contributed by atoms with E-state index in [0.717, 1.165) is 13.0 Å². The molecule has 2 nitrogen and oxygen atoms in total. The van der Waals surface area contributed by atoms with E-state index in [2.05, 4.69) is 16.6 Å². The Balaban J connectivity index is 0.000000145. The van der Waals surface area contributed by atoms with Crippen molar-refractivity contribution in [3.05, 3.63) is 42.5 Å². The molecular weight excluding hydrogens is 162 g/mol. The highest BCUT2D eigenvalue weighted by Gasteiger charge is 1.86. The molecule has 2 rings (SSSR count). The average Bonchev–Trinajstić information content (AvgIpc) is 2.77. The maximum absolute atomic E-state index is 4.51. The second-order valence-electron chi connectivity index (χ2n) is 2.52.